The molecule has 3 atom stereocenters. The van der Waals surface area contributed by atoms with Crippen LogP contribution in [0.3, 0.4) is 0 Å². The lowest BCUT2D eigenvalue weighted by molar-refractivity contribution is 0.0902. The maximum atomic E-state index is 9.55. The highest BCUT2D eigenvalue weighted by atomic mass is 16.3. The summed E-state index contributed by atoms with van der Waals surface area (Å²) >= 11 is 0. The maximum Gasteiger partial charge on any atom is 0.0711 e. The van der Waals surface area contributed by atoms with Crippen LogP contribution in [0.25, 0.3) is 0 Å². The van der Waals surface area contributed by atoms with Gasteiger partial charge in [-0.05, 0) is 19.4 Å². The molecular formula is C8H15NO2. The second-order valence-electron chi connectivity index (χ2n) is 3.61. The second kappa shape index (κ2) is 2.73. The molecule has 2 heterocycles. The summed E-state index contributed by atoms with van der Waals surface area (Å²) < 4.78 is 0. The molecular weight excluding hydrogens is 142 g/mol. The number of nitrogens with zero attached hydrogens (tertiary/aromatic N) is 1. The Morgan fingerprint density at radius 1 is 1.27 bits per heavy atom. The number of hydrogen-bond donors (Lipinski definition) is 2. The van der Waals surface area contributed by atoms with Crippen molar-refractivity contribution < 1.29 is 10.2 Å². The SMILES string of the molecule is OC[C@H]1CCN2CC[C@@H](O)C12. The lowest BCUT2D eigenvalue weighted by atomic mass is 9.97. The van der Waals surface area contributed by atoms with Gasteiger partial charge >= 0.3 is 0 Å². The highest BCUT2D eigenvalue weighted by molar-refractivity contribution is 4.96. The third kappa shape index (κ3) is 1.08. The van der Waals surface area contributed by atoms with E-state index in [-0.39, 0.29) is 18.8 Å². The molecule has 2 rings (SSSR count). The van der Waals surface area contributed by atoms with Gasteiger partial charge in [-0.1, -0.05) is 0 Å². The largest absolute Gasteiger partial charge is 0.396 e. The molecule has 1 unspecified atom stereocenters. The van der Waals surface area contributed by atoms with Crippen molar-refractivity contribution in [1.82, 2.24) is 4.90 Å². The van der Waals surface area contributed by atoms with E-state index in [2.05, 4.69) is 4.90 Å². The maximum absolute atomic E-state index is 9.55. The molecule has 0 aromatic heterocycles. The predicted octanol–water partition coefficient (Wildman–Crippen LogP) is -0.566. The van der Waals surface area contributed by atoms with Crippen molar-refractivity contribution in [3.05, 3.63) is 0 Å². The Kier molecular flexibility index (Phi) is 1.87. The Hall–Kier alpha value is -0.120. The molecule has 3 heteroatoms. The van der Waals surface area contributed by atoms with Crippen molar-refractivity contribution in [3.8, 4) is 0 Å². The first-order valence-electron chi connectivity index (χ1n) is 4.36. The average Bonchev–Trinajstić information content (AvgIpc) is 2.54. The lowest BCUT2D eigenvalue weighted by Crippen LogP contribution is -2.35. The quantitative estimate of drug-likeness (QED) is 0.536. The van der Waals surface area contributed by atoms with Gasteiger partial charge in [-0.2, -0.15) is 0 Å². The third-order valence-electron chi connectivity index (χ3n) is 3.03. The summed E-state index contributed by atoms with van der Waals surface area (Å²) in [4.78, 5) is 2.30. The molecule has 0 amide bonds. The Balaban J connectivity index is 2.07. The zero-order chi connectivity index (χ0) is 7.84. The number of rotatable bonds is 1. The van der Waals surface area contributed by atoms with Crippen LogP contribution in [0.15, 0.2) is 0 Å². The van der Waals surface area contributed by atoms with Crippen LogP contribution < -0.4 is 0 Å². The summed E-state index contributed by atoms with van der Waals surface area (Å²) in [6.45, 7) is 2.31. The van der Waals surface area contributed by atoms with E-state index in [1.54, 1.807) is 0 Å². The lowest BCUT2D eigenvalue weighted by Gasteiger charge is -2.21. The minimum absolute atomic E-state index is 0.186. The molecule has 0 bridgehead atoms. The van der Waals surface area contributed by atoms with Crippen molar-refractivity contribution >= 4 is 0 Å². The van der Waals surface area contributed by atoms with Gasteiger partial charge in [0, 0.05) is 25.1 Å². The van der Waals surface area contributed by atoms with Crippen molar-refractivity contribution in [2.45, 2.75) is 25.0 Å². The van der Waals surface area contributed by atoms with Crippen molar-refractivity contribution in [3.63, 3.8) is 0 Å². The van der Waals surface area contributed by atoms with Crippen LogP contribution in [-0.4, -0.2) is 47.0 Å². The van der Waals surface area contributed by atoms with Crippen LogP contribution in [-0.2, 0) is 0 Å². The molecule has 2 fully saturated rings. The van der Waals surface area contributed by atoms with Crippen molar-refractivity contribution in [1.29, 1.82) is 0 Å². The second-order valence-corrected chi connectivity index (χ2v) is 3.61. The summed E-state index contributed by atoms with van der Waals surface area (Å²) in [6, 6.07) is 0.264. The monoisotopic (exact) mass is 157 g/mol. The van der Waals surface area contributed by atoms with E-state index in [0.29, 0.717) is 5.92 Å². The fraction of sp³-hybridized carbons (Fsp3) is 1.00. The molecule has 0 aromatic carbocycles. The van der Waals surface area contributed by atoms with Crippen molar-refractivity contribution in [2.75, 3.05) is 19.7 Å². The molecule has 2 N–H and O–H groups in total. The number of aliphatic hydroxyl groups is 2. The van der Waals surface area contributed by atoms with Gasteiger partial charge < -0.3 is 10.2 Å². The third-order valence-corrected chi connectivity index (χ3v) is 3.03. The molecule has 0 spiro atoms. The van der Waals surface area contributed by atoms with E-state index in [9.17, 15) is 5.11 Å². The zero-order valence-corrected chi connectivity index (χ0v) is 6.61. The molecule has 2 aliphatic heterocycles. The van der Waals surface area contributed by atoms with Gasteiger partial charge in [0.25, 0.3) is 0 Å². The highest BCUT2D eigenvalue weighted by Crippen LogP contribution is 2.32. The van der Waals surface area contributed by atoms with Crippen LogP contribution in [0.5, 0.6) is 0 Å². The van der Waals surface area contributed by atoms with E-state index >= 15 is 0 Å². The molecule has 11 heavy (non-hydrogen) atoms. The molecule has 64 valence electrons. The molecule has 0 saturated carbocycles. The van der Waals surface area contributed by atoms with E-state index in [1.165, 1.54) is 0 Å². The first-order valence-corrected chi connectivity index (χ1v) is 4.36. The minimum atomic E-state index is -0.186. The van der Waals surface area contributed by atoms with Crippen molar-refractivity contribution in [2.24, 2.45) is 5.92 Å². The fourth-order valence-electron chi connectivity index (χ4n) is 2.44. The van der Waals surface area contributed by atoms with Gasteiger partial charge in [-0.15, -0.1) is 0 Å². The Bertz CT molecular complexity index is 151. The normalized spacial score (nSPS) is 44.7. The van der Waals surface area contributed by atoms with Gasteiger partial charge in [0.05, 0.1) is 6.10 Å². The fourth-order valence-corrected chi connectivity index (χ4v) is 2.44. The first-order chi connectivity index (χ1) is 5.33. The topological polar surface area (TPSA) is 43.7 Å². The first kappa shape index (κ1) is 7.53. The molecule has 2 saturated heterocycles. The van der Waals surface area contributed by atoms with Crippen LogP contribution in [0.2, 0.25) is 0 Å². The van der Waals surface area contributed by atoms with Crippen LogP contribution in [0, 0.1) is 5.92 Å². The summed E-state index contributed by atoms with van der Waals surface area (Å²) in [5, 5.41) is 18.5. The van der Waals surface area contributed by atoms with E-state index in [1.807, 2.05) is 0 Å². The van der Waals surface area contributed by atoms with Gasteiger partial charge in [0.1, 0.15) is 0 Å². The molecule has 2 aliphatic rings. The van der Waals surface area contributed by atoms with Gasteiger partial charge in [0.2, 0.25) is 0 Å². The predicted molar refractivity (Wildman–Crippen MR) is 41.2 cm³/mol. The highest BCUT2D eigenvalue weighted by Gasteiger charge is 2.42. The van der Waals surface area contributed by atoms with Gasteiger partial charge in [-0.25, -0.2) is 0 Å². The molecule has 0 aromatic rings. The van der Waals surface area contributed by atoms with Crippen LogP contribution >= 0.6 is 0 Å². The Morgan fingerprint density at radius 2 is 2.00 bits per heavy atom. The summed E-state index contributed by atoms with van der Waals surface area (Å²) in [5.74, 6) is 0.326. The number of aliphatic hydroxyl groups excluding tert-OH is 2. The summed E-state index contributed by atoms with van der Waals surface area (Å²) in [5.41, 5.74) is 0. The van der Waals surface area contributed by atoms with Gasteiger partial charge in [-0.3, -0.25) is 4.90 Å². The Labute approximate surface area is 66.6 Å². The number of fused-ring (bicyclic) bond motifs is 1. The van der Waals surface area contributed by atoms with Crippen LogP contribution in [0.4, 0.5) is 0 Å². The van der Waals surface area contributed by atoms with E-state index in [4.69, 9.17) is 5.11 Å². The minimum Gasteiger partial charge on any atom is -0.396 e. The molecule has 3 nitrogen and oxygen atoms in total. The zero-order valence-electron chi connectivity index (χ0n) is 6.61. The van der Waals surface area contributed by atoms with E-state index in [0.717, 1.165) is 25.9 Å². The van der Waals surface area contributed by atoms with Crippen LogP contribution in [0.1, 0.15) is 12.8 Å². The summed E-state index contributed by atoms with van der Waals surface area (Å²) in [6.07, 6.45) is 1.76. The average molecular weight is 157 g/mol. The smallest absolute Gasteiger partial charge is 0.0711 e. The van der Waals surface area contributed by atoms with E-state index < -0.39 is 0 Å². The summed E-state index contributed by atoms with van der Waals surface area (Å²) in [7, 11) is 0. The standard InChI is InChI=1S/C8H15NO2/c10-5-6-1-3-9-4-2-7(11)8(6)9/h6-8,10-11H,1-5H2/t6-,7-,8?/m1/s1. The molecule has 0 aliphatic carbocycles. The number of hydrogen-bond acceptors (Lipinski definition) is 3. The molecule has 0 radical (unpaired) electrons. The Morgan fingerprint density at radius 3 is 2.73 bits per heavy atom. The van der Waals surface area contributed by atoms with Gasteiger partial charge in [0.15, 0.2) is 0 Å².